The summed E-state index contributed by atoms with van der Waals surface area (Å²) in [5.41, 5.74) is 3.36. The van der Waals surface area contributed by atoms with Gasteiger partial charge in [0.1, 0.15) is 6.23 Å². The lowest BCUT2D eigenvalue weighted by molar-refractivity contribution is -0.130. The first-order chi connectivity index (χ1) is 15.2. The van der Waals surface area contributed by atoms with Crippen LogP contribution in [0.1, 0.15) is 45.4 Å². The summed E-state index contributed by atoms with van der Waals surface area (Å²) >= 11 is 0. The van der Waals surface area contributed by atoms with E-state index in [1.807, 2.05) is 4.90 Å². The molecule has 1 amide bonds. The SMILES string of the molecule is CC(=O)N1CCC(N2CCCC2C2NC(C3CCNC(N4CCOCC4)C3)NO2)CC1. The third-order valence-electron chi connectivity index (χ3n) is 8.12. The fraction of sp³-hybridized carbons (Fsp3) is 0.955. The Bertz CT molecular complexity index is 610. The quantitative estimate of drug-likeness (QED) is 0.564. The second-order valence-electron chi connectivity index (χ2n) is 9.89. The van der Waals surface area contributed by atoms with Gasteiger partial charge in [0.2, 0.25) is 5.91 Å². The average Bonchev–Trinajstić information content (AvgIpc) is 3.50. The molecular formula is C22H40N6O3. The Morgan fingerprint density at radius 3 is 2.58 bits per heavy atom. The Morgan fingerprint density at radius 1 is 1.00 bits per heavy atom. The van der Waals surface area contributed by atoms with E-state index < -0.39 is 0 Å². The molecule has 31 heavy (non-hydrogen) atoms. The molecule has 9 heteroatoms. The summed E-state index contributed by atoms with van der Waals surface area (Å²) in [4.78, 5) is 25.0. The van der Waals surface area contributed by atoms with Crippen molar-refractivity contribution in [2.24, 2.45) is 5.92 Å². The van der Waals surface area contributed by atoms with Crippen LogP contribution in [0.25, 0.3) is 0 Å². The third-order valence-corrected chi connectivity index (χ3v) is 8.12. The molecule has 5 fully saturated rings. The lowest BCUT2D eigenvalue weighted by Gasteiger charge is -2.41. The van der Waals surface area contributed by atoms with Gasteiger partial charge in [-0.3, -0.25) is 24.7 Å². The molecule has 5 rings (SSSR count). The van der Waals surface area contributed by atoms with Gasteiger partial charge >= 0.3 is 0 Å². The molecule has 0 spiro atoms. The van der Waals surface area contributed by atoms with Gasteiger partial charge in [-0.1, -0.05) is 0 Å². The molecule has 5 unspecified atom stereocenters. The highest BCUT2D eigenvalue weighted by Gasteiger charge is 2.43. The highest BCUT2D eigenvalue weighted by atomic mass is 16.7. The number of amides is 1. The molecule has 176 valence electrons. The van der Waals surface area contributed by atoms with Crippen molar-refractivity contribution in [3.8, 4) is 0 Å². The zero-order valence-electron chi connectivity index (χ0n) is 18.9. The molecule has 0 aliphatic carbocycles. The Hall–Kier alpha value is -0.810. The molecule has 9 nitrogen and oxygen atoms in total. The molecule has 3 N–H and O–H groups in total. The molecule has 0 radical (unpaired) electrons. The van der Waals surface area contributed by atoms with Crippen LogP contribution in [0.2, 0.25) is 0 Å². The van der Waals surface area contributed by atoms with E-state index in [9.17, 15) is 4.79 Å². The smallest absolute Gasteiger partial charge is 0.219 e. The molecule has 0 bridgehead atoms. The molecule has 5 saturated heterocycles. The van der Waals surface area contributed by atoms with E-state index in [4.69, 9.17) is 9.57 Å². The van der Waals surface area contributed by atoms with Crippen LogP contribution in [0, 0.1) is 5.92 Å². The minimum atomic E-state index is 0.0510. The first kappa shape index (κ1) is 22.0. The summed E-state index contributed by atoms with van der Waals surface area (Å²) in [6.45, 7) is 9.40. The van der Waals surface area contributed by atoms with Gasteiger partial charge in [0, 0.05) is 39.1 Å². The number of nitrogens with one attached hydrogen (secondary N) is 3. The summed E-state index contributed by atoms with van der Waals surface area (Å²) < 4.78 is 5.53. The second-order valence-corrected chi connectivity index (χ2v) is 9.89. The first-order valence-corrected chi connectivity index (χ1v) is 12.4. The van der Waals surface area contributed by atoms with Crippen LogP contribution in [-0.4, -0.2) is 104 Å². The van der Waals surface area contributed by atoms with E-state index in [0.717, 1.165) is 71.7 Å². The third kappa shape index (κ3) is 4.93. The zero-order chi connectivity index (χ0) is 21.2. The van der Waals surface area contributed by atoms with Crippen molar-refractivity contribution < 1.29 is 14.4 Å². The minimum Gasteiger partial charge on any atom is -0.379 e. The van der Waals surface area contributed by atoms with Crippen LogP contribution in [0.5, 0.6) is 0 Å². The van der Waals surface area contributed by atoms with Crippen molar-refractivity contribution in [2.45, 2.75) is 76.1 Å². The lowest BCUT2D eigenvalue weighted by atomic mass is 9.92. The maximum Gasteiger partial charge on any atom is 0.219 e. The second kappa shape index (κ2) is 9.99. The predicted octanol–water partition coefficient (Wildman–Crippen LogP) is -0.104. The maximum absolute atomic E-state index is 11.7. The molecule has 5 aliphatic heterocycles. The van der Waals surface area contributed by atoms with E-state index in [0.29, 0.717) is 24.2 Å². The molecule has 5 heterocycles. The lowest BCUT2D eigenvalue weighted by Crippen LogP contribution is -2.57. The highest BCUT2D eigenvalue weighted by molar-refractivity contribution is 5.73. The molecule has 0 aromatic rings. The molecule has 0 saturated carbocycles. The van der Waals surface area contributed by atoms with Crippen molar-refractivity contribution in [2.75, 3.05) is 52.5 Å². The fourth-order valence-electron chi connectivity index (χ4n) is 6.31. The number of carbonyl (C=O) groups is 1. The molecule has 0 aromatic carbocycles. The van der Waals surface area contributed by atoms with Gasteiger partial charge in [0.15, 0.2) is 0 Å². The number of likely N-dealkylation sites (tertiary alicyclic amines) is 2. The number of rotatable bonds is 4. The molecule has 5 aliphatic rings. The van der Waals surface area contributed by atoms with Crippen LogP contribution >= 0.6 is 0 Å². The number of hydroxylamine groups is 1. The van der Waals surface area contributed by atoms with Gasteiger partial charge in [-0.2, -0.15) is 5.48 Å². The highest BCUT2D eigenvalue weighted by Crippen LogP contribution is 2.31. The molecule has 5 atom stereocenters. The Kier molecular flexibility index (Phi) is 7.09. The van der Waals surface area contributed by atoms with E-state index in [2.05, 4.69) is 25.9 Å². The Morgan fingerprint density at radius 2 is 1.81 bits per heavy atom. The van der Waals surface area contributed by atoms with Crippen molar-refractivity contribution >= 4 is 5.91 Å². The summed E-state index contributed by atoms with van der Waals surface area (Å²) in [6.07, 6.45) is 7.59. The van der Waals surface area contributed by atoms with Gasteiger partial charge in [-0.05, 0) is 57.5 Å². The summed E-state index contributed by atoms with van der Waals surface area (Å²) in [5, 5.41) is 7.52. The number of morpholine rings is 1. The van der Waals surface area contributed by atoms with Crippen LogP contribution < -0.4 is 16.1 Å². The van der Waals surface area contributed by atoms with Gasteiger partial charge in [-0.15, -0.1) is 0 Å². The normalized spacial score (nSPS) is 39.3. The summed E-state index contributed by atoms with van der Waals surface area (Å²) in [5.74, 6) is 0.773. The van der Waals surface area contributed by atoms with Crippen molar-refractivity contribution in [1.82, 2.24) is 30.8 Å². The van der Waals surface area contributed by atoms with Gasteiger partial charge in [0.25, 0.3) is 0 Å². The Balaban J connectivity index is 1.14. The largest absolute Gasteiger partial charge is 0.379 e. The number of piperidine rings is 2. The fourth-order valence-corrected chi connectivity index (χ4v) is 6.31. The van der Waals surface area contributed by atoms with Crippen molar-refractivity contribution in [1.29, 1.82) is 0 Å². The Labute approximate surface area is 186 Å². The number of carbonyl (C=O) groups excluding carboxylic acids is 1. The summed E-state index contributed by atoms with van der Waals surface area (Å²) in [7, 11) is 0. The number of hydrogen-bond acceptors (Lipinski definition) is 8. The molecule has 0 aromatic heterocycles. The van der Waals surface area contributed by atoms with Crippen LogP contribution in [0.4, 0.5) is 0 Å². The maximum atomic E-state index is 11.7. The average molecular weight is 437 g/mol. The van der Waals surface area contributed by atoms with Crippen molar-refractivity contribution in [3.05, 3.63) is 0 Å². The summed E-state index contributed by atoms with van der Waals surface area (Å²) in [6, 6.07) is 0.986. The predicted molar refractivity (Wildman–Crippen MR) is 117 cm³/mol. The topological polar surface area (TPSA) is 81.3 Å². The van der Waals surface area contributed by atoms with E-state index in [1.165, 1.54) is 19.3 Å². The van der Waals surface area contributed by atoms with E-state index >= 15 is 0 Å². The zero-order valence-corrected chi connectivity index (χ0v) is 18.9. The van der Waals surface area contributed by atoms with Crippen molar-refractivity contribution in [3.63, 3.8) is 0 Å². The number of nitrogens with zero attached hydrogens (tertiary/aromatic N) is 3. The number of ether oxygens (including phenoxy) is 1. The van der Waals surface area contributed by atoms with E-state index in [1.54, 1.807) is 6.92 Å². The van der Waals surface area contributed by atoms with Crippen LogP contribution in [0.3, 0.4) is 0 Å². The van der Waals surface area contributed by atoms with E-state index in [-0.39, 0.29) is 18.3 Å². The monoisotopic (exact) mass is 436 g/mol. The minimum absolute atomic E-state index is 0.0510. The first-order valence-electron chi connectivity index (χ1n) is 12.4. The number of hydrogen-bond donors (Lipinski definition) is 3. The van der Waals surface area contributed by atoms with Gasteiger partial charge in [-0.25, -0.2) is 0 Å². The molecular weight excluding hydrogens is 396 g/mol. The van der Waals surface area contributed by atoms with Gasteiger partial charge in [0.05, 0.1) is 31.6 Å². The van der Waals surface area contributed by atoms with Crippen LogP contribution in [0.15, 0.2) is 0 Å². The van der Waals surface area contributed by atoms with Gasteiger partial charge < -0.3 is 15.0 Å². The standard InChI is InChI=1S/C22H40N6O3/c1-16(29)26-9-5-18(6-10-26)28-8-2-3-19(28)22-24-21(25-31-22)17-4-7-23-20(15-17)27-11-13-30-14-12-27/h17-25H,2-15H2,1H3. The van der Waals surface area contributed by atoms with Crippen LogP contribution in [-0.2, 0) is 14.4 Å².